The molecule has 1 aromatic rings. The van der Waals surface area contributed by atoms with E-state index >= 15 is 0 Å². The van der Waals surface area contributed by atoms with E-state index in [2.05, 4.69) is 6.92 Å². The fourth-order valence-corrected chi connectivity index (χ4v) is 2.22. The van der Waals surface area contributed by atoms with Gasteiger partial charge in [0, 0.05) is 13.1 Å². The number of amides is 1. The minimum atomic E-state index is -0.175. The zero-order chi connectivity index (χ0) is 11.8. The fraction of sp³-hybridized carbons (Fsp3) is 0.583. The van der Waals surface area contributed by atoms with Gasteiger partial charge in [0.15, 0.2) is 5.76 Å². The summed E-state index contributed by atoms with van der Waals surface area (Å²) in [5, 5.41) is 0. The molecule has 16 heavy (non-hydrogen) atoms. The molecule has 0 radical (unpaired) electrons. The zero-order valence-electron chi connectivity index (χ0n) is 9.82. The van der Waals surface area contributed by atoms with Crippen LogP contribution in [0.15, 0.2) is 16.5 Å². The van der Waals surface area contributed by atoms with Crippen LogP contribution in [0.1, 0.15) is 36.1 Å². The molecule has 1 aromatic heterocycles. The van der Waals surface area contributed by atoms with Crippen molar-refractivity contribution >= 4 is 5.91 Å². The van der Waals surface area contributed by atoms with Crippen LogP contribution in [0, 0.1) is 6.92 Å². The van der Waals surface area contributed by atoms with E-state index < -0.39 is 0 Å². The Morgan fingerprint density at radius 3 is 2.75 bits per heavy atom. The number of likely N-dealkylation sites (tertiary alicyclic amines) is 1. The summed E-state index contributed by atoms with van der Waals surface area (Å²) in [6.07, 6.45) is 2.02. The number of hydrogen-bond donors (Lipinski definition) is 1. The molecule has 2 heterocycles. The zero-order valence-corrected chi connectivity index (χ0v) is 9.82. The fourth-order valence-electron chi connectivity index (χ4n) is 2.22. The van der Waals surface area contributed by atoms with Crippen LogP contribution in [0.2, 0.25) is 0 Å². The summed E-state index contributed by atoms with van der Waals surface area (Å²) in [5.74, 6) is 1.12. The third kappa shape index (κ3) is 1.97. The smallest absolute Gasteiger partial charge is 0.289 e. The molecule has 0 spiro atoms. The van der Waals surface area contributed by atoms with Gasteiger partial charge in [0.1, 0.15) is 5.76 Å². The maximum absolute atomic E-state index is 11.9. The van der Waals surface area contributed by atoms with Crippen molar-refractivity contribution in [2.24, 2.45) is 5.73 Å². The highest BCUT2D eigenvalue weighted by Gasteiger charge is 2.41. The normalized spacial score (nSPS) is 18.3. The second-order valence-electron chi connectivity index (χ2n) is 4.68. The summed E-state index contributed by atoms with van der Waals surface area (Å²) in [5.41, 5.74) is 5.93. The first-order chi connectivity index (χ1) is 7.54. The molecule has 1 fully saturated rings. The predicted molar refractivity (Wildman–Crippen MR) is 61.2 cm³/mol. The van der Waals surface area contributed by atoms with Crippen LogP contribution in [0.3, 0.4) is 0 Å². The van der Waals surface area contributed by atoms with Gasteiger partial charge in [-0.05, 0) is 25.5 Å². The molecule has 0 saturated carbocycles. The van der Waals surface area contributed by atoms with Gasteiger partial charge in [0.05, 0.1) is 5.54 Å². The van der Waals surface area contributed by atoms with Gasteiger partial charge in [-0.2, -0.15) is 0 Å². The Morgan fingerprint density at radius 2 is 2.25 bits per heavy atom. The van der Waals surface area contributed by atoms with Gasteiger partial charge in [0.25, 0.3) is 5.91 Å². The highest BCUT2D eigenvalue weighted by Crippen LogP contribution is 2.25. The number of carbonyl (C=O) groups excluding carboxylic acids is 1. The number of hydrogen-bond acceptors (Lipinski definition) is 3. The number of rotatable bonds is 3. The first kappa shape index (κ1) is 11.2. The molecule has 0 atom stereocenters. The van der Waals surface area contributed by atoms with E-state index in [-0.39, 0.29) is 11.4 Å². The van der Waals surface area contributed by atoms with Gasteiger partial charge in [-0.15, -0.1) is 0 Å². The third-order valence-corrected chi connectivity index (χ3v) is 3.00. The lowest BCUT2D eigenvalue weighted by atomic mass is 9.86. The summed E-state index contributed by atoms with van der Waals surface area (Å²) in [4.78, 5) is 13.7. The first-order valence-corrected chi connectivity index (χ1v) is 5.69. The van der Waals surface area contributed by atoms with E-state index in [4.69, 9.17) is 10.2 Å². The van der Waals surface area contributed by atoms with Crippen molar-refractivity contribution in [2.45, 2.75) is 32.2 Å². The SMILES string of the molecule is CCCC1(N)CN(C(=O)c2ccc(C)o2)C1. The van der Waals surface area contributed by atoms with Crippen molar-refractivity contribution in [2.75, 3.05) is 13.1 Å². The molecule has 0 bridgehead atoms. The molecular weight excluding hydrogens is 204 g/mol. The molecule has 2 rings (SSSR count). The van der Waals surface area contributed by atoms with Crippen molar-refractivity contribution in [1.82, 2.24) is 4.90 Å². The van der Waals surface area contributed by atoms with Crippen LogP contribution in [0.25, 0.3) is 0 Å². The van der Waals surface area contributed by atoms with Crippen LogP contribution < -0.4 is 5.73 Å². The molecule has 88 valence electrons. The molecule has 1 saturated heterocycles. The van der Waals surface area contributed by atoms with Crippen LogP contribution in [0.4, 0.5) is 0 Å². The Bertz CT molecular complexity index is 391. The summed E-state index contributed by atoms with van der Waals surface area (Å²) >= 11 is 0. The maximum atomic E-state index is 11.9. The Labute approximate surface area is 95.4 Å². The van der Waals surface area contributed by atoms with Gasteiger partial charge in [0.2, 0.25) is 0 Å². The van der Waals surface area contributed by atoms with Gasteiger partial charge in [-0.25, -0.2) is 0 Å². The summed E-state index contributed by atoms with van der Waals surface area (Å²) in [7, 11) is 0. The second-order valence-corrected chi connectivity index (χ2v) is 4.68. The lowest BCUT2D eigenvalue weighted by Crippen LogP contribution is -2.68. The number of furan rings is 1. The van der Waals surface area contributed by atoms with Crippen LogP contribution in [0.5, 0.6) is 0 Å². The lowest BCUT2D eigenvalue weighted by Gasteiger charge is -2.47. The van der Waals surface area contributed by atoms with E-state index in [1.165, 1.54) is 0 Å². The molecule has 1 amide bonds. The van der Waals surface area contributed by atoms with E-state index in [1.54, 1.807) is 17.0 Å². The van der Waals surface area contributed by atoms with Crippen molar-refractivity contribution in [3.05, 3.63) is 23.7 Å². The van der Waals surface area contributed by atoms with E-state index in [0.29, 0.717) is 18.8 Å². The average Bonchev–Trinajstić information content (AvgIpc) is 2.60. The topological polar surface area (TPSA) is 59.5 Å². The molecule has 4 heteroatoms. The number of carbonyl (C=O) groups is 1. The van der Waals surface area contributed by atoms with Crippen LogP contribution >= 0.6 is 0 Å². The predicted octanol–water partition coefficient (Wildman–Crippen LogP) is 1.54. The standard InChI is InChI=1S/C12H18N2O2/c1-3-6-12(13)7-14(8-12)11(15)10-5-4-9(2)16-10/h4-5H,3,6-8,13H2,1-2H3. The third-order valence-electron chi connectivity index (χ3n) is 3.00. The Kier molecular flexibility index (Phi) is 2.76. The summed E-state index contributed by atoms with van der Waals surface area (Å²) in [6, 6.07) is 3.52. The highest BCUT2D eigenvalue weighted by atomic mass is 16.3. The quantitative estimate of drug-likeness (QED) is 0.844. The molecule has 0 unspecified atom stereocenters. The first-order valence-electron chi connectivity index (χ1n) is 5.69. The van der Waals surface area contributed by atoms with Gasteiger partial charge in [-0.3, -0.25) is 4.79 Å². The number of nitrogens with two attached hydrogens (primary N) is 1. The number of aryl methyl sites for hydroxylation is 1. The monoisotopic (exact) mass is 222 g/mol. The van der Waals surface area contributed by atoms with E-state index in [0.717, 1.165) is 18.6 Å². The van der Waals surface area contributed by atoms with E-state index in [1.807, 2.05) is 6.92 Å². The summed E-state index contributed by atoms with van der Waals surface area (Å²) in [6.45, 7) is 5.21. The average molecular weight is 222 g/mol. The van der Waals surface area contributed by atoms with Gasteiger partial charge >= 0.3 is 0 Å². The minimum absolute atomic E-state index is 0.0507. The van der Waals surface area contributed by atoms with E-state index in [9.17, 15) is 4.79 Å². The van der Waals surface area contributed by atoms with Gasteiger partial charge in [-0.1, -0.05) is 13.3 Å². The highest BCUT2D eigenvalue weighted by molar-refractivity contribution is 5.92. The molecule has 0 aromatic carbocycles. The van der Waals surface area contributed by atoms with Crippen LogP contribution in [-0.2, 0) is 0 Å². The van der Waals surface area contributed by atoms with Crippen molar-refractivity contribution in [3.63, 3.8) is 0 Å². The molecule has 2 N–H and O–H groups in total. The molecule has 1 aliphatic heterocycles. The molecule has 1 aliphatic rings. The Balaban J connectivity index is 1.95. The van der Waals surface area contributed by atoms with Crippen LogP contribution in [-0.4, -0.2) is 29.4 Å². The Hall–Kier alpha value is -1.29. The second kappa shape index (κ2) is 3.94. The summed E-state index contributed by atoms with van der Waals surface area (Å²) < 4.78 is 5.30. The largest absolute Gasteiger partial charge is 0.456 e. The minimum Gasteiger partial charge on any atom is -0.456 e. The van der Waals surface area contributed by atoms with Crippen molar-refractivity contribution < 1.29 is 9.21 Å². The van der Waals surface area contributed by atoms with Crippen molar-refractivity contribution in [3.8, 4) is 0 Å². The number of nitrogens with zero attached hydrogens (tertiary/aromatic N) is 1. The van der Waals surface area contributed by atoms with Gasteiger partial charge < -0.3 is 15.1 Å². The van der Waals surface area contributed by atoms with Crippen molar-refractivity contribution in [1.29, 1.82) is 0 Å². The molecule has 0 aliphatic carbocycles. The lowest BCUT2D eigenvalue weighted by molar-refractivity contribution is 0.0356. The Morgan fingerprint density at radius 1 is 1.56 bits per heavy atom. The molecular formula is C12H18N2O2. The molecule has 4 nitrogen and oxygen atoms in total. The maximum Gasteiger partial charge on any atom is 0.289 e.